The molecule has 150 valence electrons. The summed E-state index contributed by atoms with van der Waals surface area (Å²) in [4.78, 5) is 24.6. The third-order valence-corrected chi connectivity index (χ3v) is 4.20. The second-order valence-corrected chi connectivity index (χ2v) is 6.34. The molecule has 3 rings (SSSR count). The Bertz CT molecular complexity index is 845. The van der Waals surface area contributed by atoms with Gasteiger partial charge < -0.3 is 15.4 Å². The maximum atomic E-state index is 12.6. The summed E-state index contributed by atoms with van der Waals surface area (Å²) in [6.45, 7) is 0.632. The summed E-state index contributed by atoms with van der Waals surface area (Å²) in [6.07, 6.45) is -1.69. The second-order valence-electron chi connectivity index (χ2n) is 6.34. The summed E-state index contributed by atoms with van der Waals surface area (Å²) in [6, 6.07) is 7.18. The monoisotopic (exact) mass is 396 g/mol. The summed E-state index contributed by atoms with van der Waals surface area (Å²) >= 11 is 0. The lowest BCUT2D eigenvalue weighted by molar-refractivity contribution is -0.141. The van der Waals surface area contributed by atoms with Crippen molar-refractivity contribution in [3.8, 4) is 0 Å². The number of ether oxygens (including phenoxy) is 1. The highest BCUT2D eigenvalue weighted by Gasteiger charge is 2.33. The molecule has 1 aliphatic rings. The first-order valence-corrected chi connectivity index (χ1v) is 8.72. The van der Waals surface area contributed by atoms with Gasteiger partial charge in [0, 0.05) is 19.3 Å². The fraction of sp³-hybridized carbons (Fsp3) is 0.389. The first-order chi connectivity index (χ1) is 13.3. The molecule has 0 spiro atoms. The van der Waals surface area contributed by atoms with Gasteiger partial charge in [-0.15, -0.1) is 0 Å². The van der Waals surface area contributed by atoms with Crippen LogP contribution in [0.2, 0.25) is 0 Å². The molecule has 7 nitrogen and oxygen atoms in total. The van der Waals surface area contributed by atoms with Crippen LogP contribution in [0.15, 0.2) is 36.5 Å². The normalized spacial score (nSPS) is 16.8. The highest BCUT2D eigenvalue weighted by molar-refractivity contribution is 6.03. The number of para-hydroxylation sites is 1. The minimum Gasteiger partial charge on any atom is -0.376 e. The summed E-state index contributed by atoms with van der Waals surface area (Å²) in [7, 11) is 0. The Hall–Kier alpha value is -2.88. The van der Waals surface area contributed by atoms with Crippen LogP contribution < -0.4 is 10.6 Å². The second kappa shape index (κ2) is 8.42. The minimum atomic E-state index is -4.57. The molecule has 28 heavy (non-hydrogen) atoms. The van der Waals surface area contributed by atoms with Crippen molar-refractivity contribution in [3.05, 3.63) is 47.8 Å². The predicted molar refractivity (Wildman–Crippen MR) is 93.6 cm³/mol. The van der Waals surface area contributed by atoms with Crippen LogP contribution in [-0.2, 0) is 22.3 Å². The van der Waals surface area contributed by atoms with E-state index in [2.05, 4.69) is 15.7 Å². The van der Waals surface area contributed by atoms with Gasteiger partial charge in [0.2, 0.25) is 5.91 Å². The number of carbonyl (C=O) groups is 2. The molecule has 2 aromatic rings. The molecule has 1 atom stereocenters. The Morgan fingerprint density at radius 1 is 1.25 bits per heavy atom. The third-order valence-electron chi connectivity index (χ3n) is 4.20. The van der Waals surface area contributed by atoms with Crippen molar-refractivity contribution in [1.29, 1.82) is 0 Å². The molecular weight excluding hydrogens is 377 g/mol. The number of aromatic nitrogens is 2. The fourth-order valence-electron chi connectivity index (χ4n) is 2.84. The highest BCUT2D eigenvalue weighted by atomic mass is 19.4. The van der Waals surface area contributed by atoms with E-state index in [1.54, 1.807) is 24.3 Å². The lowest BCUT2D eigenvalue weighted by Crippen LogP contribution is -2.32. The van der Waals surface area contributed by atoms with Crippen molar-refractivity contribution >= 4 is 17.5 Å². The number of rotatable bonds is 6. The number of halogens is 3. The molecule has 2 heterocycles. The number of anilines is 1. The Balaban J connectivity index is 1.61. The fourth-order valence-corrected chi connectivity index (χ4v) is 2.84. The third kappa shape index (κ3) is 5.10. The van der Waals surface area contributed by atoms with E-state index in [1.165, 1.54) is 0 Å². The van der Waals surface area contributed by atoms with E-state index in [9.17, 15) is 22.8 Å². The van der Waals surface area contributed by atoms with E-state index < -0.39 is 24.3 Å². The van der Waals surface area contributed by atoms with Crippen molar-refractivity contribution in [2.45, 2.75) is 31.7 Å². The molecule has 0 radical (unpaired) electrons. The number of benzene rings is 1. The van der Waals surface area contributed by atoms with Crippen molar-refractivity contribution in [2.75, 3.05) is 18.5 Å². The number of nitrogens with one attached hydrogen (secondary N) is 2. The molecule has 2 amide bonds. The van der Waals surface area contributed by atoms with Gasteiger partial charge >= 0.3 is 6.18 Å². The van der Waals surface area contributed by atoms with Gasteiger partial charge in [0.15, 0.2) is 5.69 Å². The molecule has 0 bridgehead atoms. The zero-order valence-electron chi connectivity index (χ0n) is 14.8. The van der Waals surface area contributed by atoms with E-state index >= 15 is 0 Å². The Morgan fingerprint density at radius 2 is 2.04 bits per heavy atom. The zero-order valence-corrected chi connectivity index (χ0v) is 14.8. The molecule has 1 aromatic heterocycles. The van der Waals surface area contributed by atoms with E-state index in [0.717, 1.165) is 29.8 Å². The summed E-state index contributed by atoms with van der Waals surface area (Å²) in [5.41, 5.74) is -0.556. The summed E-state index contributed by atoms with van der Waals surface area (Å²) < 4.78 is 44.1. The quantitative estimate of drug-likeness (QED) is 0.786. The lowest BCUT2D eigenvalue weighted by atomic mass is 10.1. The number of nitrogens with zero attached hydrogens (tertiary/aromatic N) is 2. The molecule has 10 heteroatoms. The number of carbonyl (C=O) groups excluding carboxylic acids is 2. The van der Waals surface area contributed by atoms with Gasteiger partial charge in [0.05, 0.1) is 17.4 Å². The van der Waals surface area contributed by atoms with Gasteiger partial charge in [-0.2, -0.15) is 18.3 Å². The average molecular weight is 396 g/mol. The standard InChI is InChI=1S/C18H19F3N4O3/c19-18(20,21)15-7-8-25(24-15)11-16(26)23-14-6-2-1-5-13(14)17(27)22-10-12-4-3-9-28-12/h1-2,5-8,12H,3-4,9-11H2,(H,22,27)(H,23,26). The Labute approximate surface area is 158 Å². The number of amides is 2. The van der Waals surface area contributed by atoms with E-state index in [1.807, 2.05) is 0 Å². The van der Waals surface area contributed by atoms with E-state index in [-0.39, 0.29) is 23.3 Å². The molecule has 1 aliphatic heterocycles. The van der Waals surface area contributed by atoms with E-state index in [4.69, 9.17) is 4.74 Å². The van der Waals surface area contributed by atoms with Crippen LogP contribution in [-0.4, -0.2) is 40.9 Å². The minimum absolute atomic E-state index is 0.0200. The van der Waals surface area contributed by atoms with Crippen molar-refractivity contribution in [3.63, 3.8) is 0 Å². The van der Waals surface area contributed by atoms with Crippen molar-refractivity contribution in [1.82, 2.24) is 15.1 Å². The van der Waals surface area contributed by atoms with Crippen LogP contribution in [0.5, 0.6) is 0 Å². The molecule has 2 N–H and O–H groups in total. The van der Waals surface area contributed by atoms with Crippen LogP contribution in [0.4, 0.5) is 18.9 Å². The predicted octanol–water partition coefficient (Wildman–Crippen LogP) is 2.45. The van der Waals surface area contributed by atoms with Gasteiger partial charge in [0.1, 0.15) is 6.54 Å². The summed E-state index contributed by atoms with van der Waals surface area (Å²) in [5, 5.41) is 8.64. The molecule has 1 unspecified atom stereocenters. The maximum Gasteiger partial charge on any atom is 0.435 e. The summed E-state index contributed by atoms with van der Waals surface area (Å²) in [5.74, 6) is -0.971. The smallest absolute Gasteiger partial charge is 0.376 e. The van der Waals surface area contributed by atoms with Crippen LogP contribution in [0.1, 0.15) is 28.9 Å². The first-order valence-electron chi connectivity index (χ1n) is 8.72. The van der Waals surface area contributed by atoms with Crippen LogP contribution in [0, 0.1) is 0 Å². The lowest BCUT2D eigenvalue weighted by Gasteiger charge is -2.14. The molecule has 1 saturated heterocycles. The number of hydrogen-bond donors (Lipinski definition) is 2. The SMILES string of the molecule is O=C(Cn1ccc(C(F)(F)F)n1)Nc1ccccc1C(=O)NCC1CCCO1. The van der Waals surface area contributed by atoms with Crippen LogP contribution in [0.3, 0.4) is 0 Å². The largest absolute Gasteiger partial charge is 0.435 e. The molecule has 0 saturated carbocycles. The molecular formula is C18H19F3N4O3. The van der Waals surface area contributed by atoms with E-state index in [0.29, 0.717) is 13.2 Å². The zero-order chi connectivity index (χ0) is 20.1. The first kappa shape index (κ1) is 19.9. The average Bonchev–Trinajstić information content (AvgIpc) is 3.31. The number of hydrogen-bond acceptors (Lipinski definition) is 4. The van der Waals surface area contributed by atoms with Crippen molar-refractivity contribution in [2.24, 2.45) is 0 Å². The van der Waals surface area contributed by atoms with Gasteiger partial charge in [-0.25, -0.2) is 0 Å². The number of alkyl halides is 3. The Morgan fingerprint density at radius 3 is 2.71 bits per heavy atom. The van der Waals surface area contributed by atoms with Crippen LogP contribution >= 0.6 is 0 Å². The highest BCUT2D eigenvalue weighted by Crippen LogP contribution is 2.27. The van der Waals surface area contributed by atoms with Gasteiger partial charge in [-0.05, 0) is 31.0 Å². The topological polar surface area (TPSA) is 85.2 Å². The molecule has 0 aliphatic carbocycles. The Kier molecular flexibility index (Phi) is 5.98. The van der Waals surface area contributed by atoms with Gasteiger partial charge in [-0.1, -0.05) is 12.1 Å². The van der Waals surface area contributed by atoms with Gasteiger partial charge in [0.25, 0.3) is 5.91 Å². The van der Waals surface area contributed by atoms with Crippen LogP contribution in [0.25, 0.3) is 0 Å². The van der Waals surface area contributed by atoms with Gasteiger partial charge in [-0.3, -0.25) is 14.3 Å². The maximum absolute atomic E-state index is 12.6. The molecule has 1 fully saturated rings. The molecule has 1 aromatic carbocycles. The van der Waals surface area contributed by atoms with Crippen molar-refractivity contribution < 1.29 is 27.5 Å².